The molecule has 1 heterocycles. The molecule has 0 spiro atoms. The van der Waals surface area contributed by atoms with Crippen LogP contribution in [0.15, 0.2) is 24.3 Å². The van der Waals surface area contributed by atoms with Crippen molar-refractivity contribution in [1.82, 2.24) is 5.32 Å². The number of amides is 2. The number of hydrogen-bond acceptors (Lipinski definition) is 3. The topological polar surface area (TPSA) is 70.2 Å². The Morgan fingerprint density at radius 2 is 1.85 bits per heavy atom. The smallest absolute Gasteiger partial charge is 0.228 e. The van der Waals surface area contributed by atoms with Crippen LogP contribution in [0.25, 0.3) is 0 Å². The summed E-state index contributed by atoms with van der Waals surface area (Å²) in [4.78, 5) is 23.3. The lowest BCUT2D eigenvalue weighted by atomic mass is 9.99. The molecule has 0 bridgehead atoms. The van der Waals surface area contributed by atoms with Gasteiger partial charge in [-0.25, -0.2) is 0 Å². The Morgan fingerprint density at radius 3 is 2.40 bits per heavy atom. The van der Waals surface area contributed by atoms with Crippen LogP contribution in [0.1, 0.15) is 26.2 Å². The summed E-state index contributed by atoms with van der Waals surface area (Å²) in [7, 11) is 0. The number of nitrogens with one attached hydrogen (secondary N) is 3. The van der Waals surface area contributed by atoms with E-state index >= 15 is 0 Å². The van der Waals surface area contributed by atoms with E-state index in [0.717, 1.165) is 37.3 Å². The molecule has 5 heteroatoms. The fraction of sp³-hybridized carbons (Fsp3) is 0.467. The second-order valence-corrected chi connectivity index (χ2v) is 5.01. The van der Waals surface area contributed by atoms with Gasteiger partial charge in [0.25, 0.3) is 0 Å². The minimum atomic E-state index is -0.0185. The molecule has 0 saturated carbocycles. The highest BCUT2D eigenvalue weighted by molar-refractivity contribution is 5.94. The highest BCUT2D eigenvalue weighted by Gasteiger charge is 2.20. The lowest BCUT2D eigenvalue weighted by molar-refractivity contribution is -0.120. The molecule has 1 aromatic carbocycles. The summed E-state index contributed by atoms with van der Waals surface area (Å²) in [6.07, 6.45) is 2.43. The van der Waals surface area contributed by atoms with Crippen molar-refractivity contribution in [3.05, 3.63) is 24.3 Å². The van der Waals surface area contributed by atoms with Crippen LogP contribution in [0, 0.1) is 5.92 Å². The number of piperidine rings is 1. The third-order valence-corrected chi connectivity index (χ3v) is 3.42. The summed E-state index contributed by atoms with van der Waals surface area (Å²) in [5, 5.41) is 8.92. The molecule has 1 aromatic rings. The van der Waals surface area contributed by atoms with Crippen LogP contribution in [-0.2, 0) is 9.59 Å². The SMILES string of the molecule is CCC(=O)Nc1ccc(NC(=O)[C@H]2CCCNC2)cc1. The zero-order valence-corrected chi connectivity index (χ0v) is 11.7. The maximum Gasteiger partial charge on any atom is 0.228 e. The van der Waals surface area contributed by atoms with Gasteiger partial charge in [0.05, 0.1) is 5.92 Å². The largest absolute Gasteiger partial charge is 0.326 e. The molecule has 2 rings (SSSR count). The van der Waals surface area contributed by atoms with Gasteiger partial charge in [-0.15, -0.1) is 0 Å². The first-order valence-electron chi connectivity index (χ1n) is 7.10. The van der Waals surface area contributed by atoms with Crippen LogP contribution < -0.4 is 16.0 Å². The third-order valence-electron chi connectivity index (χ3n) is 3.42. The summed E-state index contributed by atoms with van der Waals surface area (Å²) in [6, 6.07) is 7.20. The second-order valence-electron chi connectivity index (χ2n) is 5.01. The molecule has 3 N–H and O–H groups in total. The summed E-state index contributed by atoms with van der Waals surface area (Å²) in [5.74, 6) is 0.0841. The van der Waals surface area contributed by atoms with E-state index in [1.807, 2.05) is 6.92 Å². The van der Waals surface area contributed by atoms with Crippen LogP contribution in [0.5, 0.6) is 0 Å². The number of carbonyl (C=O) groups excluding carboxylic acids is 2. The number of anilines is 2. The standard InChI is InChI=1S/C15H21N3O2/c1-2-14(19)17-12-5-7-13(8-6-12)18-15(20)11-4-3-9-16-10-11/h5-8,11,16H,2-4,9-10H2,1H3,(H,17,19)(H,18,20)/t11-/m0/s1. The van der Waals surface area contributed by atoms with E-state index in [1.165, 1.54) is 0 Å². The molecular formula is C15H21N3O2. The molecule has 0 aromatic heterocycles. The van der Waals surface area contributed by atoms with Gasteiger partial charge < -0.3 is 16.0 Å². The van der Waals surface area contributed by atoms with Crippen molar-refractivity contribution in [3.63, 3.8) is 0 Å². The predicted octanol–water partition coefficient (Wildman–Crippen LogP) is 1.97. The Labute approximate surface area is 119 Å². The van der Waals surface area contributed by atoms with Crippen molar-refractivity contribution in [3.8, 4) is 0 Å². The Bertz CT molecular complexity index is 465. The van der Waals surface area contributed by atoms with E-state index in [2.05, 4.69) is 16.0 Å². The van der Waals surface area contributed by atoms with Crippen molar-refractivity contribution in [2.45, 2.75) is 26.2 Å². The number of hydrogen-bond donors (Lipinski definition) is 3. The van der Waals surface area contributed by atoms with Crippen molar-refractivity contribution in [1.29, 1.82) is 0 Å². The van der Waals surface area contributed by atoms with Crippen LogP contribution >= 0.6 is 0 Å². The van der Waals surface area contributed by atoms with Crippen LogP contribution in [0.3, 0.4) is 0 Å². The predicted molar refractivity (Wildman–Crippen MR) is 79.6 cm³/mol. The zero-order chi connectivity index (χ0) is 14.4. The molecule has 20 heavy (non-hydrogen) atoms. The minimum Gasteiger partial charge on any atom is -0.326 e. The van der Waals surface area contributed by atoms with Gasteiger partial charge in [-0.2, -0.15) is 0 Å². The normalized spacial score (nSPS) is 18.4. The average molecular weight is 275 g/mol. The Hall–Kier alpha value is -1.88. The van der Waals surface area contributed by atoms with E-state index in [4.69, 9.17) is 0 Å². The first-order valence-corrected chi connectivity index (χ1v) is 7.10. The molecule has 5 nitrogen and oxygen atoms in total. The zero-order valence-electron chi connectivity index (χ0n) is 11.7. The van der Waals surface area contributed by atoms with E-state index in [-0.39, 0.29) is 17.7 Å². The fourth-order valence-corrected chi connectivity index (χ4v) is 2.21. The summed E-state index contributed by atoms with van der Waals surface area (Å²) in [6.45, 7) is 3.55. The van der Waals surface area contributed by atoms with E-state index in [9.17, 15) is 9.59 Å². The van der Waals surface area contributed by atoms with Crippen LogP contribution in [0.4, 0.5) is 11.4 Å². The molecule has 1 fully saturated rings. The number of carbonyl (C=O) groups is 2. The quantitative estimate of drug-likeness (QED) is 0.787. The van der Waals surface area contributed by atoms with E-state index < -0.39 is 0 Å². The highest BCUT2D eigenvalue weighted by Crippen LogP contribution is 2.17. The van der Waals surface area contributed by atoms with Crippen LogP contribution in [0.2, 0.25) is 0 Å². The Kier molecular flexibility index (Phi) is 5.12. The maximum atomic E-state index is 12.1. The maximum absolute atomic E-state index is 12.1. The Balaban J connectivity index is 1.89. The summed E-state index contributed by atoms with van der Waals surface area (Å²) in [5.41, 5.74) is 1.50. The van der Waals surface area contributed by atoms with Crippen LogP contribution in [-0.4, -0.2) is 24.9 Å². The second kappa shape index (κ2) is 7.05. The molecule has 1 aliphatic heterocycles. The Morgan fingerprint density at radius 1 is 1.20 bits per heavy atom. The molecule has 1 atom stereocenters. The monoisotopic (exact) mass is 275 g/mol. The van der Waals surface area contributed by atoms with Crippen molar-refractivity contribution in [2.75, 3.05) is 23.7 Å². The van der Waals surface area contributed by atoms with Gasteiger partial charge in [0.2, 0.25) is 11.8 Å². The molecule has 1 aliphatic rings. The molecule has 0 unspecified atom stereocenters. The van der Waals surface area contributed by atoms with Gasteiger partial charge >= 0.3 is 0 Å². The highest BCUT2D eigenvalue weighted by atomic mass is 16.2. The first kappa shape index (κ1) is 14.5. The molecule has 1 saturated heterocycles. The van der Waals surface area contributed by atoms with Gasteiger partial charge in [0.15, 0.2) is 0 Å². The first-order chi connectivity index (χ1) is 9.69. The van der Waals surface area contributed by atoms with Gasteiger partial charge in [-0.05, 0) is 43.7 Å². The van der Waals surface area contributed by atoms with Gasteiger partial charge in [-0.1, -0.05) is 6.92 Å². The van der Waals surface area contributed by atoms with Crippen molar-refractivity contribution in [2.24, 2.45) is 5.92 Å². The lowest BCUT2D eigenvalue weighted by Gasteiger charge is -2.21. The average Bonchev–Trinajstić information content (AvgIpc) is 2.50. The molecule has 0 aliphatic carbocycles. The van der Waals surface area contributed by atoms with Crippen molar-refractivity contribution >= 4 is 23.2 Å². The summed E-state index contributed by atoms with van der Waals surface area (Å²) < 4.78 is 0. The molecule has 2 amide bonds. The van der Waals surface area contributed by atoms with Gasteiger partial charge in [-0.3, -0.25) is 9.59 Å². The molecule has 108 valence electrons. The van der Waals surface area contributed by atoms with E-state index in [1.54, 1.807) is 24.3 Å². The van der Waals surface area contributed by atoms with E-state index in [0.29, 0.717) is 6.42 Å². The molecular weight excluding hydrogens is 254 g/mol. The van der Waals surface area contributed by atoms with Gasteiger partial charge in [0.1, 0.15) is 0 Å². The lowest BCUT2D eigenvalue weighted by Crippen LogP contribution is -2.37. The molecule has 0 radical (unpaired) electrons. The number of benzene rings is 1. The third kappa shape index (κ3) is 4.06. The van der Waals surface area contributed by atoms with Crippen molar-refractivity contribution < 1.29 is 9.59 Å². The van der Waals surface area contributed by atoms with Gasteiger partial charge in [0, 0.05) is 24.3 Å². The fourth-order valence-electron chi connectivity index (χ4n) is 2.21. The minimum absolute atomic E-state index is 0.0185. The summed E-state index contributed by atoms with van der Waals surface area (Å²) >= 11 is 0. The number of rotatable bonds is 4.